The molecule has 4 aromatic rings. The molecule has 37 heavy (non-hydrogen) atoms. The minimum Gasteiger partial charge on any atom is -0.462 e. The number of hydrogen-bond acceptors (Lipinski definition) is 6. The molecule has 6 rings (SSSR count). The fourth-order valence-corrected chi connectivity index (χ4v) is 5.35. The summed E-state index contributed by atoms with van der Waals surface area (Å²) in [7, 11) is 2.11. The maximum Gasteiger partial charge on any atom is 0.416 e. The van der Waals surface area contributed by atoms with E-state index >= 15 is 0 Å². The maximum absolute atomic E-state index is 13.1. The van der Waals surface area contributed by atoms with Crippen molar-refractivity contribution in [2.75, 3.05) is 51.3 Å². The number of nitrogens with one attached hydrogen (secondary N) is 1. The number of anilines is 1. The quantitative estimate of drug-likeness (QED) is 0.428. The van der Waals surface area contributed by atoms with Crippen LogP contribution in [0.2, 0.25) is 0 Å². The molecule has 2 aliphatic heterocycles. The number of nitrogens with zero attached hydrogens (tertiary/aromatic N) is 5. The molecule has 2 saturated heterocycles. The van der Waals surface area contributed by atoms with Gasteiger partial charge in [-0.1, -0.05) is 0 Å². The number of likely N-dealkylation sites (N-methyl/N-ethyl adjacent to an activating group) is 1. The topological polar surface area (TPSA) is 58.5 Å². The number of alkyl halides is 3. The first-order chi connectivity index (χ1) is 17.9. The molecule has 0 bridgehead atoms. The average Bonchev–Trinajstić information content (AvgIpc) is 3.53. The molecule has 0 spiro atoms. The smallest absolute Gasteiger partial charge is 0.416 e. The van der Waals surface area contributed by atoms with Crippen LogP contribution in [0.3, 0.4) is 0 Å². The molecule has 2 aromatic heterocycles. The van der Waals surface area contributed by atoms with E-state index in [-0.39, 0.29) is 0 Å². The molecule has 0 unspecified atom stereocenters. The Morgan fingerprint density at radius 2 is 1.76 bits per heavy atom. The Balaban J connectivity index is 1.42. The summed E-state index contributed by atoms with van der Waals surface area (Å²) in [6.45, 7) is 5.02. The first kappa shape index (κ1) is 24.0. The first-order valence-corrected chi connectivity index (χ1v) is 12.7. The van der Waals surface area contributed by atoms with Crippen LogP contribution in [0, 0.1) is 0 Å². The standard InChI is InChI=1S/C27H29F3N6O/c1-34-13-2-3-20(34)17-37-26-32-24-21-10-14-36(19-6-4-18(5-7-19)27(28,29)30)23(21)9-8-22(24)25(33-26)35-15-11-31-12-16-35/h4-10,14,20,31H,2-3,11-13,15-17H2,1H3/t20-/m0/s1. The normalized spacial score (nSPS) is 19.2. The summed E-state index contributed by atoms with van der Waals surface area (Å²) in [5.41, 5.74) is 1.63. The number of rotatable bonds is 5. The number of halogens is 3. The monoisotopic (exact) mass is 510 g/mol. The number of hydrogen-bond donors (Lipinski definition) is 1. The summed E-state index contributed by atoms with van der Waals surface area (Å²) in [6.07, 6.45) is -0.246. The van der Waals surface area contributed by atoms with E-state index in [2.05, 4.69) is 22.2 Å². The van der Waals surface area contributed by atoms with Crippen molar-refractivity contribution in [3.8, 4) is 11.7 Å². The Labute approximate surface area is 212 Å². The summed E-state index contributed by atoms with van der Waals surface area (Å²) in [4.78, 5) is 14.3. The molecule has 1 atom stereocenters. The summed E-state index contributed by atoms with van der Waals surface area (Å²) in [5, 5.41) is 5.22. The minimum atomic E-state index is -4.37. The number of ether oxygens (including phenoxy) is 1. The van der Waals surface area contributed by atoms with Gasteiger partial charge in [-0.15, -0.1) is 0 Å². The van der Waals surface area contributed by atoms with Gasteiger partial charge in [0.15, 0.2) is 0 Å². The van der Waals surface area contributed by atoms with Gasteiger partial charge in [0.25, 0.3) is 0 Å². The first-order valence-electron chi connectivity index (χ1n) is 12.7. The van der Waals surface area contributed by atoms with Crippen LogP contribution in [0.1, 0.15) is 18.4 Å². The van der Waals surface area contributed by atoms with E-state index in [0.717, 1.165) is 85.3 Å². The molecule has 0 aliphatic carbocycles. The zero-order valence-corrected chi connectivity index (χ0v) is 20.6. The van der Waals surface area contributed by atoms with Crippen molar-refractivity contribution in [1.82, 2.24) is 24.8 Å². The molecule has 7 nitrogen and oxygen atoms in total. The Hall–Kier alpha value is -3.37. The van der Waals surface area contributed by atoms with Gasteiger partial charge in [0, 0.05) is 54.9 Å². The SMILES string of the molecule is CN1CCC[C@H]1COc1nc(N2CCNCC2)c2ccc3c(ccn3-c3ccc(C(F)(F)F)cc3)c2n1. The van der Waals surface area contributed by atoms with Crippen molar-refractivity contribution in [2.24, 2.45) is 0 Å². The summed E-state index contributed by atoms with van der Waals surface area (Å²) in [5.74, 6) is 0.852. The van der Waals surface area contributed by atoms with Crippen molar-refractivity contribution >= 4 is 27.6 Å². The highest BCUT2D eigenvalue weighted by Crippen LogP contribution is 2.35. The van der Waals surface area contributed by atoms with Gasteiger partial charge in [-0.05, 0) is 68.9 Å². The van der Waals surface area contributed by atoms with E-state index in [1.807, 2.05) is 29.0 Å². The molecule has 2 aromatic carbocycles. The van der Waals surface area contributed by atoms with E-state index in [1.54, 1.807) is 0 Å². The van der Waals surface area contributed by atoms with E-state index in [0.29, 0.717) is 24.3 Å². The van der Waals surface area contributed by atoms with Gasteiger partial charge >= 0.3 is 12.2 Å². The predicted molar refractivity (Wildman–Crippen MR) is 138 cm³/mol. The van der Waals surface area contributed by atoms with Gasteiger partial charge in [-0.25, -0.2) is 0 Å². The van der Waals surface area contributed by atoms with Crippen LogP contribution >= 0.6 is 0 Å². The van der Waals surface area contributed by atoms with Gasteiger partial charge in [0.1, 0.15) is 12.4 Å². The van der Waals surface area contributed by atoms with Crippen LogP contribution in [0.4, 0.5) is 19.0 Å². The molecule has 4 heterocycles. The lowest BCUT2D eigenvalue weighted by molar-refractivity contribution is -0.137. The molecule has 0 amide bonds. The van der Waals surface area contributed by atoms with Crippen LogP contribution in [0.25, 0.3) is 27.5 Å². The Morgan fingerprint density at radius 1 is 0.973 bits per heavy atom. The molecule has 1 N–H and O–H groups in total. The highest BCUT2D eigenvalue weighted by molar-refractivity contribution is 6.08. The highest BCUT2D eigenvalue weighted by Gasteiger charge is 2.30. The molecule has 0 saturated carbocycles. The average molecular weight is 511 g/mol. The number of piperazine rings is 1. The number of aromatic nitrogens is 3. The summed E-state index contributed by atoms with van der Waals surface area (Å²) in [6, 6.07) is 11.9. The molecular weight excluding hydrogens is 481 g/mol. The number of likely N-dealkylation sites (tertiary alicyclic amines) is 1. The lowest BCUT2D eigenvalue weighted by atomic mass is 10.1. The lowest BCUT2D eigenvalue weighted by Crippen LogP contribution is -2.44. The lowest BCUT2D eigenvalue weighted by Gasteiger charge is -2.29. The number of benzene rings is 2. The molecule has 10 heteroatoms. The van der Waals surface area contributed by atoms with Gasteiger partial charge in [-0.3, -0.25) is 0 Å². The third-order valence-corrected chi connectivity index (χ3v) is 7.46. The van der Waals surface area contributed by atoms with Gasteiger partial charge in [0.2, 0.25) is 0 Å². The van der Waals surface area contributed by atoms with E-state index in [1.165, 1.54) is 12.1 Å². The summed E-state index contributed by atoms with van der Waals surface area (Å²) >= 11 is 0. The van der Waals surface area contributed by atoms with Crippen molar-refractivity contribution in [3.05, 3.63) is 54.2 Å². The van der Waals surface area contributed by atoms with E-state index in [4.69, 9.17) is 14.7 Å². The van der Waals surface area contributed by atoms with Gasteiger partial charge < -0.3 is 24.4 Å². The van der Waals surface area contributed by atoms with Crippen LogP contribution < -0.4 is 15.0 Å². The second-order valence-electron chi connectivity index (χ2n) is 9.78. The zero-order chi connectivity index (χ0) is 25.6. The Kier molecular flexibility index (Phi) is 6.16. The maximum atomic E-state index is 13.1. The van der Waals surface area contributed by atoms with E-state index < -0.39 is 11.7 Å². The van der Waals surface area contributed by atoms with Crippen molar-refractivity contribution in [1.29, 1.82) is 0 Å². The van der Waals surface area contributed by atoms with Crippen LogP contribution in [-0.2, 0) is 6.18 Å². The third kappa shape index (κ3) is 4.59. The molecular formula is C27H29F3N6O. The fourth-order valence-electron chi connectivity index (χ4n) is 5.35. The molecule has 194 valence electrons. The zero-order valence-electron chi connectivity index (χ0n) is 20.6. The second kappa shape index (κ2) is 9.50. The van der Waals surface area contributed by atoms with Crippen LogP contribution in [0.15, 0.2) is 48.7 Å². The minimum absolute atomic E-state index is 0.346. The van der Waals surface area contributed by atoms with Crippen LogP contribution in [0.5, 0.6) is 6.01 Å². The molecule has 0 radical (unpaired) electrons. The largest absolute Gasteiger partial charge is 0.462 e. The number of fused-ring (bicyclic) bond motifs is 3. The predicted octanol–water partition coefficient (Wildman–Crippen LogP) is 4.48. The highest BCUT2D eigenvalue weighted by atomic mass is 19.4. The van der Waals surface area contributed by atoms with Crippen molar-refractivity contribution in [3.63, 3.8) is 0 Å². The molecule has 2 fully saturated rings. The second-order valence-corrected chi connectivity index (χ2v) is 9.78. The van der Waals surface area contributed by atoms with Gasteiger partial charge in [0.05, 0.1) is 16.6 Å². The van der Waals surface area contributed by atoms with Crippen molar-refractivity contribution in [2.45, 2.75) is 25.1 Å². The fraction of sp³-hybridized carbons (Fsp3) is 0.407. The Bertz CT molecular complexity index is 1410. The summed E-state index contributed by atoms with van der Waals surface area (Å²) < 4.78 is 47.2. The van der Waals surface area contributed by atoms with E-state index in [9.17, 15) is 13.2 Å². The third-order valence-electron chi connectivity index (χ3n) is 7.46. The van der Waals surface area contributed by atoms with Crippen molar-refractivity contribution < 1.29 is 17.9 Å². The van der Waals surface area contributed by atoms with Crippen LogP contribution in [-0.4, -0.2) is 71.9 Å². The molecule has 2 aliphatic rings. The van der Waals surface area contributed by atoms with Gasteiger partial charge in [-0.2, -0.15) is 23.1 Å². The Morgan fingerprint density at radius 3 is 2.46 bits per heavy atom.